The molecular weight excluding hydrogens is 306 g/mol. The van der Waals surface area contributed by atoms with Crippen LogP contribution < -0.4 is 5.32 Å². The number of nitrogens with one attached hydrogen (secondary N) is 1. The largest absolute Gasteiger partial charge is 0.306 e. The van der Waals surface area contributed by atoms with Crippen LogP contribution in [0.1, 0.15) is 24.1 Å². The summed E-state index contributed by atoms with van der Waals surface area (Å²) in [5, 5.41) is 2.76. The molecule has 1 atom stereocenters. The van der Waals surface area contributed by atoms with Gasteiger partial charge in [-0.2, -0.15) is 0 Å². The quantitative estimate of drug-likeness (QED) is 0.813. The second-order valence-corrected chi connectivity index (χ2v) is 4.85. The van der Waals surface area contributed by atoms with Crippen LogP contribution in [0.4, 0.5) is 17.6 Å². The van der Waals surface area contributed by atoms with E-state index in [0.29, 0.717) is 24.2 Å². The van der Waals surface area contributed by atoms with Gasteiger partial charge in [-0.3, -0.25) is 0 Å². The molecule has 0 bridgehead atoms. The summed E-state index contributed by atoms with van der Waals surface area (Å²) < 4.78 is 54.4. The zero-order valence-corrected chi connectivity index (χ0v) is 11.8. The van der Waals surface area contributed by atoms with Crippen molar-refractivity contribution >= 4 is 11.6 Å². The molecule has 1 nitrogen and oxygen atoms in total. The minimum absolute atomic E-state index is 0.0888. The summed E-state index contributed by atoms with van der Waals surface area (Å²) in [5.41, 5.74) is -0.0665. The van der Waals surface area contributed by atoms with Crippen LogP contribution in [0.15, 0.2) is 30.3 Å². The van der Waals surface area contributed by atoms with Crippen molar-refractivity contribution in [3.63, 3.8) is 0 Å². The topological polar surface area (TPSA) is 12.0 Å². The van der Waals surface area contributed by atoms with E-state index in [1.54, 1.807) is 6.92 Å². The van der Waals surface area contributed by atoms with E-state index in [4.69, 9.17) is 11.6 Å². The fourth-order valence-corrected chi connectivity index (χ4v) is 2.23. The predicted octanol–water partition coefficient (Wildman–Crippen LogP) is 4.60. The lowest BCUT2D eigenvalue weighted by Crippen LogP contribution is -2.24. The van der Waals surface area contributed by atoms with Gasteiger partial charge < -0.3 is 5.32 Å². The SMILES string of the molecule is CCNC(c1ccc(Cl)c(F)c1)c1c(F)cc(F)cc1F. The maximum absolute atomic E-state index is 13.9. The molecule has 0 heterocycles. The Labute approximate surface area is 124 Å². The number of benzene rings is 2. The number of hydrogen-bond acceptors (Lipinski definition) is 1. The van der Waals surface area contributed by atoms with Crippen LogP contribution in [-0.2, 0) is 0 Å². The number of hydrogen-bond donors (Lipinski definition) is 1. The lowest BCUT2D eigenvalue weighted by atomic mass is 9.97. The van der Waals surface area contributed by atoms with E-state index in [1.807, 2.05) is 0 Å². The molecule has 112 valence electrons. The molecule has 0 aliphatic heterocycles. The molecule has 0 saturated heterocycles. The molecule has 0 amide bonds. The highest BCUT2D eigenvalue weighted by Crippen LogP contribution is 2.29. The molecule has 0 aliphatic rings. The maximum Gasteiger partial charge on any atom is 0.142 e. The van der Waals surface area contributed by atoms with E-state index in [2.05, 4.69) is 5.32 Å². The zero-order chi connectivity index (χ0) is 15.6. The molecule has 2 aromatic carbocycles. The first-order valence-corrected chi connectivity index (χ1v) is 6.64. The first-order valence-electron chi connectivity index (χ1n) is 6.26. The van der Waals surface area contributed by atoms with E-state index in [0.717, 1.165) is 6.07 Å². The lowest BCUT2D eigenvalue weighted by Gasteiger charge is -2.20. The first kappa shape index (κ1) is 15.8. The highest BCUT2D eigenvalue weighted by Gasteiger charge is 2.23. The highest BCUT2D eigenvalue weighted by molar-refractivity contribution is 6.30. The third-order valence-corrected chi connectivity index (χ3v) is 3.32. The summed E-state index contributed by atoms with van der Waals surface area (Å²) in [4.78, 5) is 0. The summed E-state index contributed by atoms with van der Waals surface area (Å²) >= 11 is 5.60. The van der Waals surface area contributed by atoms with Crippen LogP contribution in [0.5, 0.6) is 0 Å². The van der Waals surface area contributed by atoms with Crippen LogP contribution >= 0.6 is 11.6 Å². The Morgan fingerprint density at radius 3 is 2.14 bits per heavy atom. The van der Waals surface area contributed by atoms with Gasteiger partial charge in [0.15, 0.2) is 0 Å². The molecule has 0 spiro atoms. The van der Waals surface area contributed by atoms with Crippen molar-refractivity contribution in [1.82, 2.24) is 5.32 Å². The van der Waals surface area contributed by atoms with Gasteiger partial charge in [0.05, 0.1) is 11.1 Å². The second kappa shape index (κ2) is 6.45. The standard InChI is InChI=1S/C15H12ClF4N/c1-2-21-15(8-3-4-10(16)11(18)5-8)14-12(19)6-9(17)7-13(14)20/h3-7,15,21H,2H2,1H3. The average molecular weight is 318 g/mol. The summed E-state index contributed by atoms with van der Waals surface area (Å²) in [5.74, 6) is -3.77. The summed E-state index contributed by atoms with van der Waals surface area (Å²) in [6.45, 7) is 2.11. The van der Waals surface area contributed by atoms with E-state index in [1.165, 1.54) is 12.1 Å². The van der Waals surface area contributed by atoms with Gasteiger partial charge in [0.2, 0.25) is 0 Å². The number of rotatable bonds is 4. The molecule has 0 fully saturated rings. The van der Waals surface area contributed by atoms with Crippen LogP contribution in [0.3, 0.4) is 0 Å². The van der Waals surface area contributed by atoms with Crippen molar-refractivity contribution in [3.8, 4) is 0 Å². The molecule has 0 aromatic heterocycles. The van der Waals surface area contributed by atoms with Gasteiger partial charge >= 0.3 is 0 Å². The second-order valence-electron chi connectivity index (χ2n) is 4.45. The molecule has 1 N–H and O–H groups in total. The van der Waals surface area contributed by atoms with E-state index >= 15 is 0 Å². The Hall–Kier alpha value is -1.59. The van der Waals surface area contributed by atoms with Gasteiger partial charge in [0, 0.05) is 17.7 Å². The molecule has 0 radical (unpaired) electrons. The monoisotopic (exact) mass is 317 g/mol. The molecule has 0 saturated carbocycles. The van der Waals surface area contributed by atoms with E-state index in [-0.39, 0.29) is 10.6 Å². The van der Waals surface area contributed by atoms with Crippen LogP contribution in [0.25, 0.3) is 0 Å². The maximum atomic E-state index is 13.9. The van der Waals surface area contributed by atoms with Gasteiger partial charge in [-0.15, -0.1) is 0 Å². The Kier molecular flexibility index (Phi) is 4.85. The van der Waals surface area contributed by atoms with Crippen molar-refractivity contribution in [2.45, 2.75) is 13.0 Å². The molecule has 2 aromatic rings. The Morgan fingerprint density at radius 2 is 1.62 bits per heavy atom. The van der Waals surface area contributed by atoms with E-state index < -0.39 is 29.3 Å². The van der Waals surface area contributed by atoms with Gasteiger partial charge in [-0.1, -0.05) is 24.6 Å². The third-order valence-electron chi connectivity index (χ3n) is 3.02. The molecule has 6 heteroatoms. The molecule has 21 heavy (non-hydrogen) atoms. The molecular formula is C15H12ClF4N. The minimum atomic E-state index is -1.03. The van der Waals surface area contributed by atoms with Crippen molar-refractivity contribution in [1.29, 1.82) is 0 Å². The third kappa shape index (κ3) is 3.36. The summed E-state index contributed by atoms with van der Waals surface area (Å²) in [7, 11) is 0. The smallest absolute Gasteiger partial charge is 0.142 e. The van der Waals surface area contributed by atoms with Gasteiger partial charge in [0.25, 0.3) is 0 Å². The van der Waals surface area contributed by atoms with Crippen LogP contribution in [0, 0.1) is 23.3 Å². The van der Waals surface area contributed by atoms with Crippen molar-refractivity contribution in [2.24, 2.45) is 0 Å². The van der Waals surface area contributed by atoms with E-state index in [9.17, 15) is 17.6 Å². The Balaban J connectivity index is 2.55. The van der Waals surface area contributed by atoms with Gasteiger partial charge in [-0.05, 0) is 24.2 Å². The highest BCUT2D eigenvalue weighted by atomic mass is 35.5. The van der Waals surface area contributed by atoms with Crippen molar-refractivity contribution in [2.75, 3.05) is 6.54 Å². The Bertz CT molecular complexity index is 637. The van der Waals surface area contributed by atoms with Crippen molar-refractivity contribution in [3.05, 3.63) is 69.8 Å². The number of halogens is 5. The minimum Gasteiger partial charge on any atom is -0.306 e. The van der Waals surface area contributed by atoms with Gasteiger partial charge in [0.1, 0.15) is 23.3 Å². The van der Waals surface area contributed by atoms with Crippen molar-refractivity contribution < 1.29 is 17.6 Å². The summed E-state index contributed by atoms with van der Waals surface area (Å²) in [6.07, 6.45) is 0. The van der Waals surface area contributed by atoms with Gasteiger partial charge in [-0.25, -0.2) is 17.6 Å². The Morgan fingerprint density at radius 1 is 1.00 bits per heavy atom. The summed E-state index contributed by atoms with van der Waals surface area (Å²) in [6, 6.07) is 4.10. The fourth-order valence-electron chi connectivity index (χ4n) is 2.11. The molecule has 2 rings (SSSR count). The lowest BCUT2D eigenvalue weighted by molar-refractivity contribution is 0.490. The molecule has 1 unspecified atom stereocenters. The van der Waals surface area contributed by atoms with Crippen LogP contribution in [-0.4, -0.2) is 6.54 Å². The normalized spacial score (nSPS) is 12.5. The predicted molar refractivity (Wildman–Crippen MR) is 73.2 cm³/mol. The average Bonchev–Trinajstić information content (AvgIpc) is 2.40. The molecule has 0 aliphatic carbocycles. The first-order chi connectivity index (χ1) is 9.93. The fraction of sp³-hybridized carbons (Fsp3) is 0.200. The zero-order valence-electron chi connectivity index (χ0n) is 11.1. The van der Waals surface area contributed by atoms with Crippen LogP contribution in [0.2, 0.25) is 5.02 Å².